The molecule has 17 nitrogen and oxygen atoms in total. The normalized spacial score (nSPS) is 38.4. The number of hydrogen-bond donors (Lipinski definition) is 2. The number of fused-ring (bicyclic) bond motifs is 5. The predicted octanol–water partition coefficient (Wildman–Crippen LogP) is 3.79. The zero-order chi connectivity index (χ0) is 45.0. The van der Waals surface area contributed by atoms with Crippen LogP contribution in [0, 0.1) is 17.8 Å². The number of rotatable bonds is 8. The number of oxime groups is 1. The first-order valence-corrected chi connectivity index (χ1v) is 20.9. The number of ketones is 1. The molecule has 0 spiro atoms. The van der Waals surface area contributed by atoms with E-state index in [1.54, 1.807) is 56.2 Å². The molecule has 0 saturated carbocycles. The van der Waals surface area contributed by atoms with Gasteiger partial charge in [0.25, 0.3) is 5.67 Å². The summed E-state index contributed by atoms with van der Waals surface area (Å²) in [4.78, 5) is 57.7. The molecule has 0 aliphatic carbocycles. The zero-order valence-electron chi connectivity index (χ0n) is 37.1. The molecule has 0 radical (unpaired) electrons. The lowest BCUT2D eigenvalue weighted by molar-refractivity contribution is -0.296. The molecule has 0 aromatic carbocycles. The molecule has 5 rings (SSSR count). The van der Waals surface area contributed by atoms with Crippen LogP contribution < -0.4 is 0 Å². The number of aliphatic hydroxyl groups is 2. The SMILES string of the molecule is CC[C@H]1OC(=O)[C@@](C)(F)C(=O)[C@H](C)[C@@H](O[C@@H]2O[C@H](C)C[C@H](N(C)C)[C@H]2O)[C@@]2(C)C[C@@H](C)C(=NC(C)=O)[C@H](C)[C@@H](OC/C(=N\OCc3ccc(-n4cccn4)nc3)CO2)[C@]1(C)O. The minimum Gasteiger partial charge on any atom is -0.457 e. The third kappa shape index (κ3) is 10.8. The average Bonchev–Trinajstić information content (AvgIpc) is 3.74. The molecule has 3 aliphatic rings. The van der Waals surface area contributed by atoms with E-state index >= 15 is 4.39 Å². The van der Waals surface area contributed by atoms with Gasteiger partial charge in [-0.15, -0.1) is 0 Å². The van der Waals surface area contributed by atoms with Gasteiger partial charge in [-0.1, -0.05) is 38.9 Å². The number of ether oxygens (including phenoxy) is 5. The van der Waals surface area contributed by atoms with Crippen molar-refractivity contribution in [2.75, 3.05) is 27.3 Å². The fraction of sp³-hybridized carbons (Fsp3) is 0.698. The van der Waals surface area contributed by atoms with E-state index in [0.29, 0.717) is 23.5 Å². The zero-order valence-corrected chi connectivity index (χ0v) is 37.1. The van der Waals surface area contributed by atoms with E-state index < -0.39 is 89.0 Å². The molecule has 13 atom stereocenters. The van der Waals surface area contributed by atoms with E-state index in [0.717, 1.165) is 6.92 Å². The predicted molar refractivity (Wildman–Crippen MR) is 221 cm³/mol. The number of hydrogen-bond acceptors (Lipinski definition) is 15. The number of halogens is 1. The lowest BCUT2D eigenvalue weighted by Gasteiger charge is -2.47. The summed E-state index contributed by atoms with van der Waals surface area (Å²) in [5, 5.41) is 32.6. The standard InChI is InChI=1S/C43H63FN6O11/c1-12-32-43(9,55)38-26(4)34(47-28(6)51)24(2)19-41(7,57-23-30(22-56-38)48-58-21-29-14-15-33(45-20-29)50-17-13-16-46-50)37(27(5)36(53)42(8,44)40(54)60-32)61-39-35(52)31(49(10)11)18-25(3)59-39/h13-17,20,24-27,31-32,35,37-39,52,55H,12,18-19,21-23H2,1-11H3/b47-34?,48-30+/t24-,25-,26+,27+,31+,32-,35-,37-,38-,39+,41-,42+,43-/m1/s1. The van der Waals surface area contributed by atoms with Crippen molar-refractivity contribution in [1.29, 1.82) is 0 Å². The fourth-order valence-electron chi connectivity index (χ4n) is 8.85. The lowest BCUT2D eigenvalue weighted by atomic mass is 9.73. The van der Waals surface area contributed by atoms with Gasteiger partial charge in [0.15, 0.2) is 17.9 Å². The molecule has 3 aliphatic heterocycles. The fourth-order valence-corrected chi connectivity index (χ4v) is 8.85. The Labute approximate surface area is 356 Å². The number of alkyl halides is 1. The van der Waals surface area contributed by atoms with E-state index in [1.807, 2.05) is 38.9 Å². The summed E-state index contributed by atoms with van der Waals surface area (Å²) in [6.07, 6.45) is -1.45. The monoisotopic (exact) mass is 858 g/mol. The molecular weight excluding hydrogens is 796 g/mol. The molecular formula is C43H63FN6O11. The number of pyridine rings is 1. The average molecular weight is 859 g/mol. The number of Topliss-reactive ketones (excluding diaryl/α,β-unsaturated/α-hetero) is 1. The van der Waals surface area contributed by atoms with Crippen LogP contribution in [-0.2, 0) is 49.5 Å². The van der Waals surface area contributed by atoms with Crippen LogP contribution in [0.5, 0.6) is 0 Å². The Bertz CT molecular complexity index is 1890. The summed E-state index contributed by atoms with van der Waals surface area (Å²) < 4.78 is 50.4. The Kier molecular flexibility index (Phi) is 15.4. The van der Waals surface area contributed by atoms with Crippen molar-refractivity contribution in [3.05, 3.63) is 42.4 Å². The van der Waals surface area contributed by atoms with Crippen LogP contribution in [0.15, 0.2) is 46.9 Å². The Morgan fingerprint density at radius 2 is 1.84 bits per heavy atom. The molecule has 2 aromatic heterocycles. The van der Waals surface area contributed by atoms with Crippen LogP contribution in [0.2, 0.25) is 0 Å². The van der Waals surface area contributed by atoms with Crippen molar-refractivity contribution in [3.63, 3.8) is 0 Å². The maximum absolute atomic E-state index is 16.9. The second kappa shape index (κ2) is 19.6. The topological polar surface area (TPSA) is 206 Å². The van der Waals surface area contributed by atoms with E-state index in [9.17, 15) is 24.6 Å². The summed E-state index contributed by atoms with van der Waals surface area (Å²) >= 11 is 0. The smallest absolute Gasteiger partial charge is 0.351 e. The molecule has 3 fully saturated rings. The van der Waals surface area contributed by atoms with Gasteiger partial charge in [-0.05, 0) is 79.1 Å². The third-order valence-corrected chi connectivity index (χ3v) is 12.1. The number of aromatic nitrogens is 3. The molecule has 2 N–H and O–H groups in total. The Morgan fingerprint density at radius 1 is 1.11 bits per heavy atom. The van der Waals surface area contributed by atoms with Crippen molar-refractivity contribution in [1.82, 2.24) is 19.7 Å². The van der Waals surface area contributed by atoms with Gasteiger partial charge >= 0.3 is 5.97 Å². The van der Waals surface area contributed by atoms with Crippen LogP contribution in [0.1, 0.15) is 87.1 Å². The maximum Gasteiger partial charge on any atom is 0.351 e. The number of cyclic esters (lactones) is 1. The van der Waals surface area contributed by atoms with Gasteiger partial charge in [0.2, 0.25) is 5.91 Å². The van der Waals surface area contributed by atoms with Crippen LogP contribution >= 0.6 is 0 Å². The quantitative estimate of drug-likeness (QED) is 0.220. The highest BCUT2D eigenvalue weighted by Crippen LogP contribution is 2.41. The molecule has 2 bridgehead atoms. The number of amides is 1. The molecule has 5 heterocycles. The van der Waals surface area contributed by atoms with Crippen molar-refractivity contribution in [2.45, 2.75) is 148 Å². The van der Waals surface area contributed by atoms with E-state index in [4.69, 9.17) is 28.5 Å². The molecule has 18 heteroatoms. The van der Waals surface area contributed by atoms with Crippen LogP contribution in [0.4, 0.5) is 4.39 Å². The van der Waals surface area contributed by atoms with Crippen molar-refractivity contribution >= 4 is 29.1 Å². The summed E-state index contributed by atoms with van der Waals surface area (Å²) in [7, 11) is 3.63. The van der Waals surface area contributed by atoms with Gasteiger partial charge in [0.1, 0.15) is 30.1 Å². The second-order valence-electron chi connectivity index (χ2n) is 17.5. The van der Waals surface area contributed by atoms with Gasteiger partial charge in [-0.25, -0.2) is 23.8 Å². The van der Waals surface area contributed by atoms with Crippen molar-refractivity contribution < 1.29 is 57.5 Å². The highest BCUT2D eigenvalue weighted by atomic mass is 19.1. The van der Waals surface area contributed by atoms with Gasteiger partial charge in [0, 0.05) is 54.7 Å². The second-order valence-corrected chi connectivity index (χ2v) is 17.5. The van der Waals surface area contributed by atoms with Crippen LogP contribution in [0.25, 0.3) is 5.82 Å². The van der Waals surface area contributed by atoms with Crippen LogP contribution in [0.3, 0.4) is 0 Å². The summed E-state index contributed by atoms with van der Waals surface area (Å²) in [5.41, 5.74) is -5.62. The Morgan fingerprint density at radius 3 is 2.44 bits per heavy atom. The number of carbonyl (C=O) groups excluding carboxylic acids is 3. The first-order valence-electron chi connectivity index (χ1n) is 20.9. The molecule has 338 valence electrons. The molecule has 61 heavy (non-hydrogen) atoms. The van der Waals surface area contributed by atoms with Crippen LogP contribution in [-0.4, -0.2) is 146 Å². The van der Waals surface area contributed by atoms with Crippen molar-refractivity contribution in [2.24, 2.45) is 27.9 Å². The molecule has 2 aromatic rings. The minimum atomic E-state index is -3.22. The number of likely N-dealkylation sites (N-methyl/N-ethyl adjacent to an activating group) is 1. The number of aliphatic imine (C=N–C) groups is 1. The largest absolute Gasteiger partial charge is 0.457 e. The van der Waals surface area contributed by atoms with Crippen molar-refractivity contribution in [3.8, 4) is 5.82 Å². The summed E-state index contributed by atoms with van der Waals surface area (Å²) in [6, 6.07) is 4.97. The molecule has 3 saturated heterocycles. The Balaban J connectivity index is 1.65. The third-order valence-electron chi connectivity index (χ3n) is 12.1. The highest BCUT2D eigenvalue weighted by molar-refractivity contribution is 6.08. The van der Waals surface area contributed by atoms with Gasteiger partial charge < -0.3 is 43.6 Å². The number of nitrogens with zero attached hydrogens (tertiary/aromatic N) is 6. The van der Waals surface area contributed by atoms with Gasteiger partial charge in [-0.3, -0.25) is 9.59 Å². The maximum atomic E-state index is 16.9. The van der Waals surface area contributed by atoms with E-state index in [1.165, 1.54) is 20.8 Å². The minimum absolute atomic E-state index is 0.000495. The lowest BCUT2D eigenvalue weighted by Crippen LogP contribution is -2.61. The highest BCUT2D eigenvalue weighted by Gasteiger charge is 2.56. The van der Waals surface area contributed by atoms with E-state index in [2.05, 4.69) is 20.2 Å². The van der Waals surface area contributed by atoms with Gasteiger partial charge in [0.05, 0.1) is 37.1 Å². The molecule has 0 unspecified atom stereocenters. The number of carbonyl (C=O) groups is 3. The first-order chi connectivity index (χ1) is 28.6. The summed E-state index contributed by atoms with van der Waals surface area (Å²) in [6.45, 7) is 13.0. The number of aliphatic hydroxyl groups excluding tert-OH is 1. The molecule has 1 amide bonds. The first kappa shape index (κ1) is 48.0. The summed E-state index contributed by atoms with van der Waals surface area (Å²) in [5.74, 6) is -5.50. The van der Waals surface area contributed by atoms with E-state index in [-0.39, 0.29) is 44.5 Å². The number of esters is 1. The Hall–Kier alpha value is -4.04. The van der Waals surface area contributed by atoms with Gasteiger partial charge in [-0.2, -0.15) is 5.10 Å².